The molecule has 0 radical (unpaired) electrons. The molecule has 1 aromatic carbocycles. The summed E-state index contributed by atoms with van der Waals surface area (Å²) in [6, 6.07) is 6.85. The first-order valence-corrected chi connectivity index (χ1v) is 7.65. The van der Waals surface area contributed by atoms with Gasteiger partial charge in [0.15, 0.2) is 0 Å². The van der Waals surface area contributed by atoms with Gasteiger partial charge >= 0.3 is 0 Å². The number of rotatable bonds is 6. The van der Waals surface area contributed by atoms with Crippen molar-refractivity contribution in [2.24, 2.45) is 0 Å². The van der Waals surface area contributed by atoms with E-state index in [0.717, 1.165) is 25.1 Å². The average Bonchev–Trinajstić information content (AvgIpc) is 2.81. The smallest absolute Gasteiger partial charge is 0.123 e. The summed E-state index contributed by atoms with van der Waals surface area (Å²) in [5.74, 6) is 0.979. The number of ether oxygens (including phenoxy) is 2. The maximum Gasteiger partial charge on any atom is 0.123 e. The molecule has 2 rings (SSSR count). The van der Waals surface area contributed by atoms with Crippen molar-refractivity contribution < 1.29 is 9.47 Å². The lowest BCUT2D eigenvalue weighted by molar-refractivity contribution is 0.0262. The van der Waals surface area contributed by atoms with Crippen molar-refractivity contribution in [2.75, 3.05) is 6.61 Å². The quantitative estimate of drug-likeness (QED) is 0.864. The van der Waals surface area contributed by atoms with Crippen molar-refractivity contribution in [2.45, 2.75) is 65.3 Å². The van der Waals surface area contributed by atoms with Crippen LogP contribution in [0.2, 0.25) is 0 Å². The highest BCUT2D eigenvalue weighted by Crippen LogP contribution is 2.23. The molecule has 2 unspecified atom stereocenters. The average molecular weight is 277 g/mol. The van der Waals surface area contributed by atoms with E-state index in [4.69, 9.17) is 9.47 Å². The molecule has 1 aromatic rings. The van der Waals surface area contributed by atoms with Gasteiger partial charge < -0.3 is 14.8 Å². The van der Waals surface area contributed by atoms with E-state index in [1.54, 1.807) is 0 Å². The van der Waals surface area contributed by atoms with Gasteiger partial charge in [0.1, 0.15) is 12.4 Å². The number of nitrogens with one attached hydrogen (secondary N) is 1. The van der Waals surface area contributed by atoms with Crippen molar-refractivity contribution in [1.82, 2.24) is 5.32 Å². The lowest BCUT2D eigenvalue weighted by atomic mass is 10.1. The predicted octanol–water partition coefficient (Wildman–Crippen LogP) is 3.44. The zero-order valence-electron chi connectivity index (χ0n) is 13.1. The summed E-state index contributed by atoms with van der Waals surface area (Å²) in [7, 11) is 0. The van der Waals surface area contributed by atoms with Crippen LogP contribution >= 0.6 is 0 Å². The molecule has 3 heteroatoms. The molecule has 3 nitrogen and oxygen atoms in total. The molecule has 0 saturated carbocycles. The molecule has 1 aliphatic rings. The van der Waals surface area contributed by atoms with Crippen LogP contribution in [0.15, 0.2) is 18.2 Å². The molecule has 20 heavy (non-hydrogen) atoms. The Bertz CT molecular complexity index is 431. The second-order valence-electron chi connectivity index (χ2n) is 6.10. The van der Waals surface area contributed by atoms with Crippen molar-refractivity contribution in [3.63, 3.8) is 0 Å². The van der Waals surface area contributed by atoms with E-state index >= 15 is 0 Å². The third-order valence-corrected chi connectivity index (χ3v) is 3.66. The lowest BCUT2D eigenvalue weighted by Crippen LogP contribution is -2.23. The van der Waals surface area contributed by atoms with Crippen molar-refractivity contribution in [3.05, 3.63) is 29.3 Å². The fourth-order valence-electron chi connectivity index (χ4n) is 2.49. The standard InChI is InChI=1S/C17H27NO2/c1-12(2)18-10-15-9-13(3)5-8-17(15)19-11-16-7-6-14(4)20-16/h5,8-9,12,14,16,18H,6-7,10-11H2,1-4H3. The Balaban J connectivity index is 1.95. The Hall–Kier alpha value is -1.06. The summed E-state index contributed by atoms with van der Waals surface area (Å²) in [5, 5.41) is 3.45. The summed E-state index contributed by atoms with van der Waals surface area (Å²) in [4.78, 5) is 0. The van der Waals surface area contributed by atoms with Crippen LogP contribution in [0, 0.1) is 6.92 Å². The minimum Gasteiger partial charge on any atom is -0.491 e. The second-order valence-corrected chi connectivity index (χ2v) is 6.10. The van der Waals surface area contributed by atoms with Crippen molar-refractivity contribution >= 4 is 0 Å². The van der Waals surface area contributed by atoms with Crippen LogP contribution in [0.1, 0.15) is 44.7 Å². The number of hydrogen-bond acceptors (Lipinski definition) is 3. The van der Waals surface area contributed by atoms with E-state index < -0.39 is 0 Å². The topological polar surface area (TPSA) is 30.5 Å². The molecule has 0 bridgehead atoms. The first-order valence-electron chi connectivity index (χ1n) is 7.65. The van der Waals surface area contributed by atoms with Gasteiger partial charge in [-0.05, 0) is 32.8 Å². The zero-order chi connectivity index (χ0) is 14.5. The molecule has 0 aromatic heterocycles. The Morgan fingerprint density at radius 3 is 2.80 bits per heavy atom. The van der Waals surface area contributed by atoms with Crippen molar-refractivity contribution in [1.29, 1.82) is 0 Å². The second kappa shape index (κ2) is 7.09. The van der Waals surface area contributed by atoms with Gasteiger partial charge in [0.05, 0.1) is 12.2 Å². The minimum absolute atomic E-state index is 0.247. The van der Waals surface area contributed by atoms with Crippen LogP contribution in [0.3, 0.4) is 0 Å². The van der Waals surface area contributed by atoms with E-state index in [0.29, 0.717) is 18.8 Å². The van der Waals surface area contributed by atoms with Gasteiger partial charge in [-0.15, -0.1) is 0 Å². The zero-order valence-corrected chi connectivity index (χ0v) is 13.1. The summed E-state index contributed by atoms with van der Waals surface area (Å²) >= 11 is 0. The largest absolute Gasteiger partial charge is 0.491 e. The molecule has 1 aliphatic heterocycles. The monoisotopic (exact) mass is 277 g/mol. The van der Waals surface area contributed by atoms with E-state index in [9.17, 15) is 0 Å². The summed E-state index contributed by atoms with van der Waals surface area (Å²) in [6.07, 6.45) is 2.87. The number of hydrogen-bond donors (Lipinski definition) is 1. The molecule has 0 aliphatic carbocycles. The SMILES string of the molecule is Cc1ccc(OCC2CCC(C)O2)c(CNC(C)C)c1. The lowest BCUT2D eigenvalue weighted by Gasteiger charge is -2.17. The van der Waals surface area contributed by atoms with Gasteiger partial charge in [0.2, 0.25) is 0 Å². The van der Waals surface area contributed by atoms with Crippen LogP contribution in [-0.2, 0) is 11.3 Å². The molecule has 0 amide bonds. The molecule has 1 fully saturated rings. The highest BCUT2D eigenvalue weighted by atomic mass is 16.5. The first-order chi connectivity index (χ1) is 9.54. The molecule has 112 valence electrons. The van der Waals surface area contributed by atoms with E-state index in [-0.39, 0.29) is 6.10 Å². The van der Waals surface area contributed by atoms with Gasteiger partial charge in [-0.1, -0.05) is 31.5 Å². The number of benzene rings is 1. The number of aryl methyl sites for hydroxylation is 1. The van der Waals surface area contributed by atoms with Gasteiger partial charge in [0.25, 0.3) is 0 Å². The van der Waals surface area contributed by atoms with Crippen LogP contribution in [0.25, 0.3) is 0 Å². The molecular formula is C17H27NO2. The van der Waals surface area contributed by atoms with Crippen LogP contribution in [0.5, 0.6) is 5.75 Å². The Labute approximate surface area is 122 Å². The van der Waals surface area contributed by atoms with Gasteiger partial charge in [-0.2, -0.15) is 0 Å². The highest BCUT2D eigenvalue weighted by Gasteiger charge is 2.22. The van der Waals surface area contributed by atoms with E-state index in [1.165, 1.54) is 11.1 Å². The third kappa shape index (κ3) is 4.50. The Morgan fingerprint density at radius 1 is 1.35 bits per heavy atom. The molecule has 0 spiro atoms. The van der Waals surface area contributed by atoms with Gasteiger partial charge in [-0.25, -0.2) is 0 Å². The van der Waals surface area contributed by atoms with Crippen molar-refractivity contribution in [3.8, 4) is 5.75 Å². The van der Waals surface area contributed by atoms with E-state index in [2.05, 4.69) is 51.2 Å². The van der Waals surface area contributed by atoms with Crippen LogP contribution in [-0.4, -0.2) is 24.9 Å². The molecule has 1 saturated heterocycles. The first kappa shape index (κ1) is 15.3. The minimum atomic E-state index is 0.247. The summed E-state index contributed by atoms with van der Waals surface area (Å²) in [5.41, 5.74) is 2.49. The molecular weight excluding hydrogens is 250 g/mol. The fraction of sp³-hybridized carbons (Fsp3) is 0.647. The van der Waals surface area contributed by atoms with Gasteiger partial charge in [-0.3, -0.25) is 0 Å². The summed E-state index contributed by atoms with van der Waals surface area (Å²) < 4.78 is 11.8. The Kier molecular flexibility index (Phi) is 5.44. The Morgan fingerprint density at radius 2 is 2.15 bits per heavy atom. The third-order valence-electron chi connectivity index (χ3n) is 3.66. The molecule has 2 atom stereocenters. The maximum atomic E-state index is 5.99. The van der Waals surface area contributed by atoms with E-state index in [1.807, 2.05) is 0 Å². The predicted molar refractivity (Wildman–Crippen MR) is 82.2 cm³/mol. The molecule has 1 N–H and O–H groups in total. The van der Waals surface area contributed by atoms with Crippen LogP contribution < -0.4 is 10.1 Å². The molecule has 1 heterocycles. The normalized spacial score (nSPS) is 22.4. The van der Waals surface area contributed by atoms with Crippen LogP contribution in [0.4, 0.5) is 0 Å². The van der Waals surface area contributed by atoms with Gasteiger partial charge in [0, 0.05) is 18.2 Å². The highest BCUT2D eigenvalue weighted by molar-refractivity contribution is 5.36. The maximum absolute atomic E-state index is 5.99. The summed E-state index contributed by atoms with van der Waals surface area (Å²) in [6.45, 7) is 10.1. The fourth-order valence-corrected chi connectivity index (χ4v) is 2.49.